The molecule has 2 aliphatic rings. The standard InChI is InChI=1S/C12H21N3O2/c16-11(15-9-4-2-1-3-5-9)8-10-12(17)14-7-6-13-10/h9-10,13H,1-8H2,(H,14,17)(H,15,16)/t10-/m0/s1. The van der Waals surface area contributed by atoms with Crippen molar-refractivity contribution in [3.8, 4) is 0 Å². The Kier molecular flexibility index (Phi) is 4.36. The third-order valence-electron chi connectivity index (χ3n) is 3.49. The Morgan fingerprint density at radius 3 is 2.71 bits per heavy atom. The first-order chi connectivity index (χ1) is 8.25. The van der Waals surface area contributed by atoms with Gasteiger partial charge in [0.2, 0.25) is 11.8 Å². The van der Waals surface area contributed by atoms with E-state index in [2.05, 4.69) is 16.0 Å². The van der Waals surface area contributed by atoms with Crippen LogP contribution in [0.15, 0.2) is 0 Å². The van der Waals surface area contributed by atoms with Gasteiger partial charge in [0, 0.05) is 19.1 Å². The molecule has 2 fully saturated rings. The molecule has 3 N–H and O–H groups in total. The molecular weight excluding hydrogens is 218 g/mol. The Hall–Kier alpha value is -1.10. The summed E-state index contributed by atoms with van der Waals surface area (Å²) in [6.07, 6.45) is 6.09. The van der Waals surface area contributed by atoms with Crippen LogP contribution in [0.2, 0.25) is 0 Å². The van der Waals surface area contributed by atoms with Crippen molar-refractivity contribution in [3.63, 3.8) is 0 Å². The number of piperazine rings is 1. The van der Waals surface area contributed by atoms with Gasteiger partial charge in [-0.2, -0.15) is 0 Å². The monoisotopic (exact) mass is 239 g/mol. The minimum absolute atomic E-state index is 0.00792. The van der Waals surface area contributed by atoms with Gasteiger partial charge in [-0.25, -0.2) is 0 Å². The average Bonchev–Trinajstić information content (AvgIpc) is 2.33. The van der Waals surface area contributed by atoms with Gasteiger partial charge >= 0.3 is 0 Å². The first kappa shape index (κ1) is 12.4. The number of hydrogen-bond donors (Lipinski definition) is 3. The summed E-state index contributed by atoms with van der Waals surface area (Å²) < 4.78 is 0. The quantitative estimate of drug-likeness (QED) is 0.645. The van der Waals surface area contributed by atoms with Gasteiger partial charge in [-0.1, -0.05) is 19.3 Å². The lowest BCUT2D eigenvalue weighted by Gasteiger charge is -2.26. The summed E-state index contributed by atoms with van der Waals surface area (Å²) >= 11 is 0. The van der Waals surface area contributed by atoms with Crippen LogP contribution < -0.4 is 16.0 Å². The fourth-order valence-electron chi connectivity index (χ4n) is 2.53. The highest BCUT2D eigenvalue weighted by molar-refractivity contribution is 5.88. The Labute approximate surface area is 102 Å². The van der Waals surface area contributed by atoms with Gasteiger partial charge < -0.3 is 16.0 Å². The lowest BCUT2D eigenvalue weighted by molar-refractivity contribution is -0.129. The van der Waals surface area contributed by atoms with E-state index in [0.717, 1.165) is 19.4 Å². The summed E-state index contributed by atoms with van der Waals surface area (Å²) in [6, 6.07) is -0.0322. The maximum absolute atomic E-state index is 11.8. The largest absolute Gasteiger partial charge is 0.353 e. The average molecular weight is 239 g/mol. The number of nitrogens with one attached hydrogen (secondary N) is 3. The van der Waals surface area contributed by atoms with E-state index in [-0.39, 0.29) is 24.3 Å². The Morgan fingerprint density at radius 2 is 2.00 bits per heavy atom. The fourth-order valence-corrected chi connectivity index (χ4v) is 2.53. The normalized spacial score (nSPS) is 26.4. The van der Waals surface area contributed by atoms with Gasteiger partial charge in [0.05, 0.1) is 12.5 Å². The lowest BCUT2D eigenvalue weighted by Crippen LogP contribution is -2.54. The summed E-state index contributed by atoms with van der Waals surface area (Å²) in [4.78, 5) is 23.3. The predicted molar refractivity (Wildman–Crippen MR) is 64.4 cm³/mol. The number of amides is 2. The van der Waals surface area contributed by atoms with E-state index in [0.29, 0.717) is 12.6 Å². The first-order valence-electron chi connectivity index (χ1n) is 6.56. The Balaban J connectivity index is 1.74. The second-order valence-electron chi connectivity index (χ2n) is 4.90. The number of rotatable bonds is 3. The predicted octanol–water partition coefficient (Wildman–Crippen LogP) is -0.0866. The molecule has 17 heavy (non-hydrogen) atoms. The highest BCUT2D eigenvalue weighted by atomic mass is 16.2. The molecule has 0 radical (unpaired) electrons. The molecule has 1 atom stereocenters. The van der Waals surface area contributed by atoms with E-state index in [1.54, 1.807) is 0 Å². The zero-order valence-corrected chi connectivity index (χ0v) is 10.1. The summed E-state index contributed by atoms with van der Waals surface area (Å²) in [7, 11) is 0. The lowest BCUT2D eigenvalue weighted by atomic mass is 9.95. The number of hydrogen-bond acceptors (Lipinski definition) is 3. The molecule has 96 valence electrons. The maximum Gasteiger partial charge on any atom is 0.237 e. The number of carbonyl (C=O) groups is 2. The zero-order valence-electron chi connectivity index (χ0n) is 10.1. The number of carbonyl (C=O) groups excluding carboxylic acids is 2. The van der Waals surface area contributed by atoms with E-state index in [9.17, 15) is 9.59 Å². The first-order valence-corrected chi connectivity index (χ1v) is 6.56. The highest BCUT2D eigenvalue weighted by Crippen LogP contribution is 2.17. The van der Waals surface area contributed by atoms with E-state index in [1.807, 2.05) is 0 Å². The Bertz CT molecular complexity index is 287. The minimum atomic E-state index is -0.354. The summed E-state index contributed by atoms with van der Waals surface area (Å²) in [5.74, 6) is -0.0681. The van der Waals surface area contributed by atoms with Crippen molar-refractivity contribution < 1.29 is 9.59 Å². The van der Waals surface area contributed by atoms with Crippen LogP contribution in [0.1, 0.15) is 38.5 Å². The molecule has 5 heteroatoms. The van der Waals surface area contributed by atoms with Gasteiger partial charge in [-0.3, -0.25) is 9.59 Å². The summed E-state index contributed by atoms with van der Waals surface area (Å²) in [5, 5.41) is 8.85. The molecule has 0 aromatic rings. The molecule has 0 unspecified atom stereocenters. The molecule has 1 heterocycles. The summed E-state index contributed by atoms with van der Waals surface area (Å²) in [5.41, 5.74) is 0. The third kappa shape index (κ3) is 3.70. The molecule has 0 bridgehead atoms. The van der Waals surface area contributed by atoms with Gasteiger partial charge in [-0.15, -0.1) is 0 Å². The zero-order chi connectivity index (χ0) is 12.1. The maximum atomic E-state index is 11.8. The van der Waals surface area contributed by atoms with E-state index in [4.69, 9.17) is 0 Å². The molecule has 1 saturated heterocycles. The topological polar surface area (TPSA) is 70.2 Å². The van der Waals surface area contributed by atoms with Crippen LogP contribution in [0.4, 0.5) is 0 Å². The van der Waals surface area contributed by atoms with Crippen LogP contribution in [-0.2, 0) is 9.59 Å². The van der Waals surface area contributed by atoms with Crippen LogP contribution in [0.5, 0.6) is 0 Å². The smallest absolute Gasteiger partial charge is 0.237 e. The van der Waals surface area contributed by atoms with Crippen LogP contribution in [0.3, 0.4) is 0 Å². The van der Waals surface area contributed by atoms with Crippen LogP contribution >= 0.6 is 0 Å². The van der Waals surface area contributed by atoms with Crippen molar-refractivity contribution in [2.45, 2.75) is 50.6 Å². The van der Waals surface area contributed by atoms with Crippen molar-refractivity contribution in [2.75, 3.05) is 13.1 Å². The second-order valence-corrected chi connectivity index (χ2v) is 4.90. The minimum Gasteiger partial charge on any atom is -0.353 e. The van der Waals surface area contributed by atoms with Gasteiger partial charge in [-0.05, 0) is 12.8 Å². The SMILES string of the molecule is O=C(C[C@@H]1NCCNC1=O)NC1CCCCC1. The van der Waals surface area contributed by atoms with E-state index < -0.39 is 0 Å². The molecule has 1 aliphatic carbocycles. The van der Waals surface area contributed by atoms with Crippen molar-refractivity contribution in [2.24, 2.45) is 0 Å². The molecule has 1 aliphatic heterocycles. The molecular formula is C12H21N3O2. The van der Waals surface area contributed by atoms with Crippen molar-refractivity contribution in [3.05, 3.63) is 0 Å². The molecule has 0 aromatic heterocycles. The van der Waals surface area contributed by atoms with E-state index in [1.165, 1.54) is 19.3 Å². The van der Waals surface area contributed by atoms with Crippen molar-refractivity contribution >= 4 is 11.8 Å². The van der Waals surface area contributed by atoms with Crippen LogP contribution in [0.25, 0.3) is 0 Å². The van der Waals surface area contributed by atoms with Crippen molar-refractivity contribution in [1.29, 1.82) is 0 Å². The van der Waals surface area contributed by atoms with Gasteiger partial charge in [0.1, 0.15) is 0 Å². The molecule has 0 spiro atoms. The van der Waals surface area contributed by atoms with E-state index >= 15 is 0 Å². The third-order valence-corrected chi connectivity index (χ3v) is 3.49. The van der Waals surface area contributed by atoms with Gasteiger partial charge in [0.25, 0.3) is 0 Å². The van der Waals surface area contributed by atoms with Crippen molar-refractivity contribution in [1.82, 2.24) is 16.0 Å². The second kappa shape index (κ2) is 6.00. The molecule has 5 nitrogen and oxygen atoms in total. The molecule has 2 amide bonds. The highest BCUT2D eigenvalue weighted by Gasteiger charge is 2.25. The van der Waals surface area contributed by atoms with Gasteiger partial charge in [0.15, 0.2) is 0 Å². The van der Waals surface area contributed by atoms with Crippen LogP contribution in [0, 0.1) is 0 Å². The fraction of sp³-hybridized carbons (Fsp3) is 0.833. The Morgan fingerprint density at radius 1 is 1.24 bits per heavy atom. The molecule has 0 aromatic carbocycles. The van der Waals surface area contributed by atoms with Crippen LogP contribution in [-0.4, -0.2) is 37.0 Å². The summed E-state index contributed by atoms with van der Waals surface area (Å²) in [6.45, 7) is 1.40. The molecule has 2 rings (SSSR count). The molecule has 1 saturated carbocycles.